The van der Waals surface area contributed by atoms with Crippen molar-refractivity contribution in [2.75, 3.05) is 0 Å². The van der Waals surface area contributed by atoms with Gasteiger partial charge in [0, 0.05) is 6.04 Å². The van der Waals surface area contributed by atoms with Crippen LogP contribution >= 0.6 is 0 Å². The topological polar surface area (TPSA) is 63.3 Å². The monoisotopic (exact) mass is 267 g/mol. The van der Waals surface area contributed by atoms with Crippen LogP contribution in [0.3, 0.4) is 0 Å². The molecule has 0 radical (unpaired) electrons. The average Bonchev–Trinajstić information content (AvgIpc) is 2.27. The number of carboxylic acid groups (broad SMARTS) is 1. The number of aliphatic carboxylic acids is 1. The summed E-state index contributed by atoms with van der Waals surface area (Å²) in [6.07, 6.45) is 3.52. The maximum atomic E-state index is 13.0. The molecule has 0 spiro atoms. The average molecular weight is 267 g/mol. The molecule has 0 fully saturated rings. The van der Waals surface area contributed by atoms with Crippen molar-refractivity contribution in [2.45, 2.75) is 45.1 Å². The highest BCUT2D eigenvalue weighted by atomic mass is 19.1. The van der Waals surface area contributed by atoms with E-state index in [1.807, 2.05) is 6.07 Å². The normalized spacial score (nSPS) is 14.1. The van der Waals surface area contributed by atoms with Crippen LogP contribution in [0.15, 0.2) is 24.3 Å². The predicted octanol–water partition coefficient (Wildman–Crippen LogP) is 2.98. The molecule has 0 heterocycles. The highest BCUT2D eigenvalue weighted by molar-refractivity contribution is 5.67. The van der Waals surface area contributed by atoms with Crippen molar-refractivity contribution in [2.24, 2.45) is 11.7 Å². The lowest BCUT2D eigenvalue weighted by molar-refractivity contribution is -0.137. The Morgan fingerprint density at radius 2 is 2.21 bits per heavy atom. The van der Waals surface area contributed by atoms with Gasteiger partial charge in [-0.1, -0.05) is 25.5 Å². The number of aryl methyl sites for hydroxylation is 1. The van der Waals surface area contributed by atoms with Gasteiger partial charge in [-0.15, -0.1) is 0 Å². The Bertz CT molecular complexity index is 409. The van der Waals surface area contributed by atoms with Gasteiger partial charge in [-0.05, 0) is 42.9 Å². The first kappa shape index (κ1) is 15.6. The molecule has 0 aliphatic rings. The van der Waals surface area contributed by atoms with Gasteiger partial charge in [0.25, 0.3) is 0 Å². The summed E-state index contributed by atoms with van der Waals surface area (Å²) in [4.78, 5) is 10.5. The van der Waals surface area contributed by atoms with Gasteiger partial charge in [-0.3, -0.25) is 4.79 Å². The van der Waals surface area contributed by atoms with Gasteiger partial charge in [0.05, 0.1) is 6.42 Å². The molecule has 0 aromatic heterocycles. The van der Waals surface area contributed by atoms with E-state index < -0.39 is 5.97 Å². The fourth-order valence-electron chi connectivity index (χ4n) is 2.29. The second-order valence-electron chi connectivity index (χ2n) is 5.22. The van der Waals surface area contributed by atoms with E-state index in [0.717, 1.165) is 31.2 Å². The second-order valence-corrected chi connectivity index (χ2v) is 5.22. The molecule has 1 rings (SSSR count). The molecule has 3 nitrogen and oxygen atoms in total. The third-order valence-corrected chi connectivity index (χ3v) is 3.19. The molecule has 1 aromatic rings. The largest absolute Gasteiger partial charge is 0.481 e. The van der Waals surface area contributed by atoms with Crippen LogP contribution in [-0.4, -0.2) is 17.1 Å². The molecule has 0 amide bonds. The Morgan fingerprint density at radius 1 is 1.47 bits per heavy atom. The number of hydrogen-bond acceptors (Lipinski definition) is 2. The highest BCUT2D eigenvalue weighted by Gasteiger charge is 2.12. The Balaban J connectivity index is 2.23. The standard InChI is InChI=1S/C15H22FNO2/c1-11(8-14(17)10-15(18)19)4-2-5-12-6-3-7-13(16)9-12/h3,6-7,9,11,14H,2,4-5,8,10,17H2,1H3,(H,18,19)/t11-,14-/m0/s1. The van der Waals surface area contributed by atoms with Crippen LogP contribution in [0.2, 0.25) is 0 Å². The zero-order valence-corrected chi connectivity index (χ0v) is 11.3. The fourth-order valence-corrected chi connectivity index (χ4v) is 2.29. The quantitative estimate of drug-likeness (QED) is 0.761. The van der Waals surface area contributed by atoms with Crippen molar-refractivity contribution < 1.29 is 14.3 Å². The molecule has 2 atom stereocenters. The van der Waals surface area contributed by atoms with Gasteiger partial charge >= 0.3 is 5.97 Å². The molecule has 106 valence electrons. The van der Waals surface area contributed by atoms with Gasteiger partial charge in [-0.25, -0.2) is 4.39 Å². The second kappa shape index (κ2) is 7.89. The highest BCUT2D eigenvalue weighted by Crippen LogP contribution is 2.16. The van der Waals surface area contributed by atoms with Crippen LogP contribution in [0.5, 0.6) is 0 Å². The molecule has 0 bridgehead atoms. The Morgan fingerprint density at radius 3 is 2.84 bits per heavy atom. The Hall–Kier alpha value is -1.42. The summed E-state index contributed by atoms with van der Waals surface area (Å²) < 4.78 is 13.0. The van der Waals surface area contributed by atoms with Gasteiger partial charge in [0.15, 0.2) is 0 Å². The number of benzene rings is 1. The summed E-state index contributed by atoms with van der Waals surface area (Å²) in [5.74, 6) is -0.656. The number of carboxylic acids is 1. The van der Waals surface area contributed by atoms with Crippen LogP contribution in [-0.2, 0) is 11.2 Å². The lowest BCUT2D eigenvalue weighted by atomic mass is 9.94. The van der Waals surface area contributed by atoms with Gasteiger partial charge in [-0.2, -0.15) is 0 Å². The van der Waals surface area contributed by atoms with E-state index in [-0.39, 0.29) is 18.3 Å². The van der Waals surface area contributed by atoms with Crippen molar-refractivity contribution in [3.05, 3.63) is 35.6 Å². The molecule has 0 unspecified atom stereocenters. The molecule has 0 saturated carbocycles. The van der Waals surface area contributed by atoms with Crippen LogP contribution in [0.25, 0.3) is 0 Å². The van der Waals surface area contributed by atoms with Crippen LogP contribution < -0.4 is 5.73 Å². The summed E-state index contributed by atoms with van der Waals surface area (Å²) >= 11 is 0. The van der Waals surface area contributed by atoms with Crippen molar-refractivity contribution in [3.63, 3.8) is 0 Å². The van der Waals surface area contributed by atoms with Crippen LogP contribution in [0, 0.1) is 11.7 Å². The van der Waals surface area contributed by atoms with Crippen molar-refractivity contribution in [3.8, 4) is 0 Å². The number of hydrogen-bond donors (Lipinski definition) is 2. The minimum atomic E-state index is -0.848. The summed E-state index contributed by atoms with van der Waals surface area (Å²) in [6, 6.07) is 6.36. The maximum absolute atomic E-state index is 13.0. The molecular weight excluding hydrogens is 245 g/mol. The van der Waals surface area contributed by atoms with Gasteiger partial charge in [0.1, 0.15) is 5.82 Å². The van der Waals surface area contributed by atoms with Gasteiger partial charge in [0.2, 0.25) is 0 Å². The number of nitrogens with two attached hydrogens (primary N) is 1. The van der Waals surface area contributed by atoms with E-state index >= 15 is 0 Å². The van der Waals surface area contributed by atoms with Crippen molar-refractivity contribution in [1.29, 1.82) is 0 Å². The summed E-state index contributed by atoms with van der Waals surface area (Å²) in [5.41, 5.74) is 6.75. The molecule has 4 heteroatoms. The molecule has 3 N–H and O–H groups in total. The number of halogens is 1. The molecule has 0 aliphatic heterocycles. The SMILES string of the molecule is C[C@@H](CCCc1cccc(F)c1)C[C@H](N)CC(=O)O. The molecule has 19 heavy (non-hydrogen) atoms. The Kier molecular flexibility index (Phi) is 6.50. The van der Waals surface area contributed by atoms with Crippen molar-refractivity contribution >= 4 is 5.97 Å². The van der Waals surface area contributed by atoms with Crippen molar-refractivity contribution in [1.82, 2.24) is 0 Å². The first-order valence-electron chi connectivity index (χ1n) is 6.69. The molecule has 0 saturated heterocycles. The third kappa shape index (κ3) is 6.91. The first-order chi connectivity index (χ1) is 8.97. The summed E-state index contributed by atoms with van der Waals surface area (Å²) in [6.45, 7) is 2.08. The fraction of sp³-hybridized carbons (Fsp3) is 0.533. The maximum Gasteiger partial charge on any atom is 0.304 e. The molecular formula is C15H22FNO2. The Labute approximate surface area is 113 Å². The van der Waals surface area contributed by atoms with E-state index in [9.17, 15) is 9.18 Å². The van der Waals surface area contributed by atoms with E-state index in [1.54, 1.807) is 12.1 Å². The minimum absolute atomic E-state index is 0.0221. The number of rotatable bonds is 8. The third-order valence-electron chi connectivity index (χ3n) is 3.19. The predicted molar refractivity (Wildman–Crippen MR) is 73.3 cm³/mol. The lowest BCUT2D eigenvalue weighted by Gasteiger charge is -2.15. The summed E-state index contributed by atoms with van der Waals surface area (Å²) in [5, 5.41) is 8.63. The van der Waals surface area contributed by atoms with E-state index in [2.05, 4.69) is 6.92 Å². The van der Waals surface area contributed by atoms with Crippen LogP contribution in [0.4, 0.5) is 4.39 Å². The molecule has 0 aliphatic carbocycles. The van der Waals surface area contributed by atoms with E-state index in [1.165, 1.54) is 6.07 Å². The van der Waals surface area contributed by atoms with Crippen LogP contribution in [0.1, 0.15) is 38.2 Å². The smallest absolute Gasteiger partial charge is 0.304 e. The number of carbonyl (C=O) groups is 1. The lowest BCUT2D eigenvalue weighted by Crippen LogP contribution is -2.26. The first-order valence-corrected chi connectivity index (χ1v) is 6.69. The van der Waals surface area contributed by atoms with Gasteiger partial charge < -0.3 is 10.8 Å². The van der Waals surface area contributed by atoms with E-state index in [0.29, 0.717) is 5.92 Å². The zero-order valence-electron chi connectivity index (χ0n) is 11.3. The zero-order chi connectivity index (χ0) is 14.3. The minimum Gasteiger partial charge on any atom is -0.481 e. The summed E-state index contributed by atoms with van der Waals surface area (Å²) in [7, 11) is 0. The van der Waals surface area contributed by atoms with E-state index in [4.69, 9.17) is 10.8 Å². The molecule has 1 aromatic carbocycles.